The largest absolute Gasteiger partial charge is 0.480 e. The summed E-state index contributed by atoms with van der Waals surface area (Å²) < 4.78 is 14.7. The van der Waals surface area contributed by atoms with Crippen LogP contribution in [0, 0.1) is 11.3 Å². The second-order valence-corrected chi connectivity index (χ2v) is 11.1. The smallest absolute Gasteiger partial charge is 0.329 e. The molecule has 0 aromatic heterocycles. The molecule has 6 N–H and O–H groups in total. The number of unbranched alkanes of at least 4 members (excludes halogenated alkanes) is 2. The molecule has 0 bridgehead atoms. The van der Waals surface area contributed by atoms with Crippen LogP contribution in [0.3, 0.4) is 0 Å². The molecule has 0 rings (SSSR count). The fourth-order valence-electron chi connectivity index (χ4n) is 3.46. The zero-order valence-electron chi connectivity index (χ0n) is 26.0. The summed E-state index contributed by atoms with van der Waals surface area (Å²) in [6, 6.07) is -1.20. The molecule has 1 atom stereocenters. The number of nitrogens with one attached hydrogen (secondary N) is 4. The van der Waals surface area contributed by atoms with Crippen molar-refractivity contribution < 1.29 is 58.0 Å². The molecule has 252 valence electrons. The van der Waals surface area contributed by atoms with Crippen molar-refractivity contribution in [2.45, 2.75) is 72.3 Å². The molecule has 0 aromatic carbocycles. The third-order valence-corrected chi connectivity index (χ3v) is 6.68. The van der Waals surface area contributed by atoms with Crippen LogP contribution in [-0.2, 0) is 47.8 Å². The minimum Gasteiger partial charge on any atom is -0.480 e. The van der Waals surface area contributed by atoms with Crippen molar-refractivity contribution in [1.29, 1.82) is 0 Å². The number of carbonyl (C=O) groups is 7. The molecule has 0 radical (unpaired) electrons. The van der Waals surface area contributed by atoms with Gasteiger partial charge in [-0.1, -0.05) is 34.1 Å². The van der Waals surface area contributed by atoms with Gasteiger partial charge in [0, 0.05) is 13.2 Å². The maximum absolute atomic E-state index is 12.7. The van der Waals surface area contributed by atoms with Gasteiger partial charge in [-0.25, -0.2) is 9.59 Å². The summed E-state index contributed by atoms with van der Waals surface area (Å²) in [6.45, 7) is 6.18. The standard InChI is InChI=1S/C28H48N4O12/c1-19(2)28(3,4)10-6-8-12-42-14-23(35)30-13-21(33)32-27(41)20(31-24(36)16-44-18-26(39)40)9-5-7-11-29-22(34)15-43-17-25(37)38/h19-20H,5-18H2,1-4H3,(H,29,34)(H,30,35)(H,31,36)(H,37,38)(H,39,40)(H,32,33,41). The topological polar surface area (TPSA) is 236 Å². The number of aliphatic carboxylic acids is 2. The highest BCUT2D eigenvalue weighted by Gasteiger charge is 2.23. The summed E-state index contributed by atoms with van der Waals surface area (Å²) in [5.41, 5.74) is 0.219. The summed E-state index contributed by atoms with van der Waals surface area (Å²) in [6.07, 6.45) is 3.50. The predicted octanol–water partition coefficient (Wildman–Crippen LogP) is -0.412. The van der Waals surface area contributed by atoms with E-state index in [1.807, 2.05) is 0 Å². The van der Waals surface area contributed by atoms with E-state index in [0.717, 1.165) is 19.3 Å². The minimum atomic E-state index is -1.29. The molecule has 0 aliphatic carbocycles. The molecular weight excluding hydrogens is 584 g/mol. The van der Waals surface area contributed by atoms with Crippen LogP contribution in [-0.4, -0.2) is 110 Å². The lowest BCUT2D eigenvalue weighted by Gasteiger charge is -2.29. The first kappa shape index (κ1) is 40.4. The van der Waals surface area contributed by atoms with E-state index in [9.17, 15) is 33.6 Å². The molecular formula is C28H48N4O12. The van der Waals surface area contributed by atoms with Gasteiger partial charge in [-0.05, 0) is 43.4 Å². The van der Waals surface area contributed by atoms with Gasteiger partial charge < -0.3 is 40.4 Å². The van der Waals surface area contributed by atoms with Crippen LogP contribution in [0.5, 0.6) is 0 Å². The van der Waals surface area contributed by atoms with E-state index in [2.05, 4.69) is 53.7 Å². The molecule has 0 aliphatic rings. The van der Waals surface area contributed by atoms with Crippen molar-refractivity contribution in [3.8, 4) is 0 Å². The Labute approximate surface area is 257 Å². The van der Waals surface area contributed by atoms with Crippen molar-refractivity contribution in [2.24, 2.45) is 11.3 Å². The number of hydrogen-bond acceptors (Lipinski definition) is 10. The Bertz CT molecular complexity index is 955. The van der Waals surface area contributed by atoms with Crippen molar-refractivity contribution in [3.05, 3.63) is 0 Å². The monoisotopic (exact) mass is 632 g/mol. The Balaban J connectivity index is 4.59. The molecule has 16 heteroatoms. The molecule has 0 aliphatic heterocycles. The predicted molar refractivity (Wildman–Crippen MR) is 155 cm³/mol. The van der Waals surface area contributed by atoms with E-state index < -0.39 is 80.5 Å². The van der Waals surface area contributed by atoms with Crippen molar-refractivity contribution in [3.63, 3.8) is 0 Å². The molecule has 16 nitrogen and oxygen atoms in total. The average Bonchev–Trinajstić information content (AvgIpc) is 2.92. The first-order chi connectivity index (χ1) is 20.6. The van der Waals surface area contributed by atoms with Crippen LogP contribution < -0.4 is 21.3 Å². The van der Waals surface area contributed by atoms with E-state index in [1.165, 1.54) is 0 Å². The molecule has 5 amide bonds. The number of ether oxygens (including phenoxy) is 3. The average molecular weight is 633 g/mol. The van der Waals surface area contributed by atoms with Gasteiger partial charge in [0.15, 0.2) is 0 Å². The maximum Gasteiger partial charge on any atom is 0.329 e. The van der Waals surface area contributed by atoms with E-state index in [1.54, 1.807) is 0 Å². The molecule has 0 fully saturated rings. The highest BCUT2D eigenvalue weighted by molar-refractivity contribution is 6.00. The Kier molecular flexibility index (Phi) is 21.0. The van der Waals surface area contributed by atoms with Crippen LogP contribution in [0.15, 0.2) is 0 Å². The molecule has 0 spiro atoms. The number of rotatable bonds is 25. The van der Waals surface area contributed by atoms with Gasteiger partial charge in [0.1, 0.15) is 39.1 Å². The van der Waals surface area contributed by atoms with Crippen molar-refractivity contribution in [2.75, 3.05) is 52.7 Å². The molecule has 0 heterocycles. The van der Waals surface area contributed by atoms with Crippen LogP contribution in [0.4, 0.5) is 0 Å². The van der Waals surface area contributed by atoms with Crippen molar-refractivity contribution in [1.82, 2.24) is 21.3 Å². The van der Waals surface area contributed by atoms with Crippen LogP contribution >= 0.6 is 0 Å². The van der Waals surface area contributed by atoms with E-state index in [0.29, 0.717) is 25.4 Å². The van der Waals surface area contributed by atoms with Gasteiger partial charge in [-0.2, -0.15) is 0 Å². The normalized spacial score (nSPS) is 11.8. The van der Waals surface area contributed by atoms with Gasteiger partial charge in [-0.15, -0.1) is 0 Å². The zero-order valence-corrected chi connectivity index (χ0v) is 26.0. The lowest BCUT2D eigenvalue weighted by Crippen LogP contribution is -2.51. The minimum absolute atomic E-state index is 0.0454. The summed E-state index contributed by atoms with van der Waals surface area (Å²) in [4.78, 5) is 81.7. The fourth-order valence-corrected chi connectivity index (χ4v) is 3.46. The van der Waals surface area contributed by atoms with Crippen LogP contribution in [0.25, 0.3) is 0 Å². The lowest BCUT2D eigenvalue weighted by atomic mass is 9.77. The molecule has 44 heavy (non-hydrogen) atoms. The van der Waals surface area contributed by atoms with Gasteiger partial charge in [-0.3, -0.25) is 29.3 Å². The number of carboxylic acids is 2. The van der Waals surface area contributed by atoms with Gasteiger partial charge in [0.25, 0.3) is 0 Å². The molecule has 0 saturated carbocycles. The zero-order chi connectivity index (χ0) is 33.5. The number of hydrogen-bond donors (Lipinski definition) is 6. The summed E-state index contributed by atoms with van der Waals surface area (Å²) in [5.74, 6) is -5.49. The van der Waals surface area contributed by atoms with E-state index in [4.69, 9.17) is 19.7 Å². The first-order valence-corrected chi connectivity index (χ1v) is 14.5. The third-order valence-electron chi connectivity index (χ3n) is 6.68. The third kappa shape index (κ3) is 22.0. The highest BCUT2D eigenvalue weighted by Crippen LogP contribution is 2.31. The quantitative estimate of drug-likeness (QED) is 0.0705. The number of imide groups is 1. The van der Waals surface area contributed by atoms with E-state index >= 15 is 0 Å². The number of carboxylic acid groups (broad SMARTS) is 2. The Morgan fingerprint density at radius 2 is 1.25 bits per heavy atom. The molecule has 1 unspecified atom stereocenters. The second kappa shape index (κ2) is 22.8. The Morgan fingerprint density at radius 3 is 1.84 bits per heavy atom. The number of carbonyl (C=O) groups excluding carboxylic acids is 5. The SMILES string of the molecule is CC(C)C(C)(C)CCCCOCC(=O)NCC(=O)NC(=O)C(CCCCNC(=O)COCC(=O)O)NC(=O)COCC(=O)O. The van der Waals surface area contributed by atoms with Gasteiger partial charge >= 0.3 is 11.9 Å². The van der Waals surface area contributed by atoms with Gasteiger partial charge in [0.2, 0.25) is 29.5 Å². The fraction of sp³-hybridized carbons (Fsp3) is 0.750. The highest BCUT2D eigenvalue weighted by atomic mass is 16.5. The maximum atomic E-state index is 12.7. The van der Waals surface area contributed by atoms with Crippen LogP contribution in [0.1, 0.15) is 66.2 Å². The summed E-state index contributed by atoms with van der Waals surface area (Å²) >= 11 is 0. The van der Waals surface area contributed by atoms with E-state index in [-0.39, 0.29) is 25.0 Å². The second-order valence-electron chi connectivity index (χ2n) is 11.1. The van der Waals surface area contributed by atoms with Gasteiger partial charge in [0.05, 0.1) is 6.54 Å². The first-order valence-electron chi connectivity index (χ1n) is 14.5. The Hall–Kier alpha value is -3.63. The number of amides is 5. The summed E-state index contributed by atoms with van der Waals surface area (Å²) in [5, 5.41) is 26.5. The lowest BCUT2D eigenvalue weighted by molar-refractivity contribution is -0.145. The summed E-state index contributed by atoms with van der Waals surface area (Å²) in [7, 11) is 0. The van der Waals surface area contributed by atoms with Crippen LogP contribution in [0.2, 0.25) is 0 Å². The molecule has 0 saturated heterocycles. The van der Waals surface area contributed by atoms with Crippen molar-refractivity contribution >= 4 is 41.5 Å². The molecule has 0 aromatic rings. The Morgan fingerprint density at radius 1 is 0.682 bits per heavy atom.